The normalized spacial score (nSPS) is 26.7. The molecular formula is C10H20N2O2S. The molecule has 1 aliphatic carbocycles. The van der Waals surface area contributed by atoms with Crippen molar-refractivity contribution in [1.29, 1.82) is 0 Å². The van der Waals surface area contributed by atoms with E-state index in [-0.39, 0.29) is 11.8 Å². The maximum absolute atomic E-state index is 11.6. The van der Waals surface area contributed by atoms with Gasteiger partial charge in [0.2, 0.25) is 10.0 Å². The van der Waals surface area contributed by atoms with Gasteiger partial charge in [-0.1, -0.05) is 12.5 Å². The summed E-state index contributed by atoms with van der Waals surface area (Å²) in [6.45, 7) is 4.08. The van der Waals surface area contributed by atoms with E-state index in [9.17, 15) is 8.42 Å². The highest BCUT2D eigenvalue weighted by Crippen LogP contribution is 2.25. The molecule has 0 spiro atoms. The van der Waals surface area contributed by atoms with Crippen molar-refractivity contribution >= 4 is 10.0 Å². The summed E-state index contributed by atoms with van der Waals surface area (Å²) >= 11 is 0. The summed E-state index contributed by atoms with van der Waals surface area (Å²) in [5, 5.41) is 0. The van der Waals surface area contributed by atoms with E-state index in [1.165, 1.54) is 0 Å². The molecule has 0 unspecified atom stereocenters. The summed E-state index contributed by atoms with van der Waals surface area (Å²) in [7, 11) is -3.15. The summed E-state index contributed by atoms with van der Waals surface area (Å²) < 4.78 is 25.9. The first-order valence-electron chi connectivity index (χ1n) is 5.40. The number of hydrogen-bond acceptors (Lipinski definition) is 3. The van der Waals surface area contributed by atoms with Crippen LogP contribution in [0.2, 0.25) is 0 Å². The van der Waals surface area contributed by atoms with Crippen LogP contribution in [0.5, 0.6) is 0 Å². The maximum atomic E-state index is 11.6. The smallest absolute Gasteiger partial charge is 0.212 e. The van der Waals surface area contributed by atoms with Crippen molar-refractivity contribution in [3.05, 3.63) is 12.7 Å². The second-order valence-electron chi connectivity index (χ2n) is 4.05. The van der Waals surface area contributed by atoms with Crippen LogP contribution in [0.25, 0.3) is 0 Å². The molecule has 0 aromatic rings. The molecule has 1 rings (SSSR count). The topological polar surface area (TPSA) is 72.2 Å². The zero-order valence-electron chi connectivity index (χ0n) is 8.98. The first-order chi connectivity index (χ1) is 7.09. The van der Waals surface area contributed by atoms with Crippen LogP contribution in [-0.2, 0) is 10.0 Å². The Hall–Kier alpha value is -0.390. The molecular weight excluding hydrogens is 212 g/mol. The van der Waals surface area contributed by atoms with Gasteiger partial charge in [-0.05, 0) is 31.7 Å². The molecule has 5 heteroatoms. The van der Waals surface area contributed by atoms with Crippen LogP contribution in [0.15, 0.2) is 12.7 Å². The van der Waals surface area contributed by atoms with Crippen LogP contribution in [0.1, 0.15) is 25.7 Å². The highest BCUT2D eigenvalue weighted by atomic mass is 32.2. The van der Waals surface area contributed by atoms with E-state index in [1.54, 1.807) is 6.08 Å². The second kappa shape index (κ2) is 5.63. The molecule has 0 bridgehead atoms. The van der Waals surface area contributed by atoms with E-state index >= 15 is 0 Å². The summed E-state index contributed by atoms with van der Waals surface area (Å²) in [5.74, 6) is 0.438. The van der Waals surface area contributed by atoms with Gasteiger partial charge in [-0.25, -0.2) is 13.1 Å². The SMILES string of the molecule is C=CCCS(=O)(=O)N[C@H]1CCC[C@@H]1CN. The minimum Gasteiger partial charge on any atom is -0.330 e. The van der Waals surface area contributed by atoms with Crippen LogP contribution in [0, 0.1) is 5.92 Å². The van der Waals surface area contributed by atoms with Crippen molar-refractivity contribution in [1.82, 2.24) is 4.72 Å². The monoisotopic (exact) mass is 232 g/mol. The van der Waals surface area contributed by atoms with Crippen molar-refractivity contribution in [2.24, 2.45) is 11.7 Å². The largest absolute Gasteiger partial charge is 0.330 e. The lowest BCUT2D eigenvalue weighted by molar-refractivity contribution is 0.453. The Kier molecular flexibility index (Phi) is 4.76. The lowest BCUT2D eigenvalue weighted by Gasteiger charge is -2.19. The van der Waals surface area contributed by atoms with Crippen molar-refractivity contribution in [2.75, 3.05) is 12.3 Å². The Morgan fingerprint density at radius 1 is 1.47 bits per heavy atom. The van der Waals surface area contributed by atoms with Gasteiger partial charge in [0, 0.05) is 6.04 Å². The number of nitrogens with two attached hydrogens (primary N) is 1. The molecule has 4 nitrogen and oxygen atoms in total. The molecule has 88 valence electrons. The lowest BCUT2D eigenvalue weighted by Crippen LogP contribution is -2.40. The molecule has 1 saturated carbocycles. The molecule has 1 fully saturated rings. The fraction of sp³-hybridized carbons (Fsp3) is 0.800. The summed E-state index contributed by atoms with van der Waals surface area (Å²) in [5.41, 5.74) is 5.59. The lowest BCUT2D eigenvalue weighted by atomic mass is 10.1. The van der Waals surface area contributed by atoms with Crippen LogP contribution in [0.3, 0.4) is 0 Å². The molecule has 0 radical (unpaired) electrons. The van der Waals surface area contributed by atoms with E-state index in [2.05, 4.69) is 11.3 Å². The van der Waals surface area contributed by atoms with Crippen LogP contribution >= 0.6 is 0 Å². The van der Waals surface area contributed by atoms with E-state index in [0.29, 0.717) is 18.9 Å². The van der Waals surface area contributed by atoms with Gasteiger partial charge in [0.05, 0.1) is 5.75 Å². The molecule has 2 atom stereocenters. The Balaban J connectivity index is 2.49. The Labute approximate surface area is 92.0 Å². The summed E-state index contributed by atoms with van der Waals surface area (Å²) in [6, 6.07) is 0.0461. The molecule has 0 saturated heterocycles. The van der Waals surface area contributed by atoms with Gasteiger partial charge in [0.15, 0.2) is 0 Å². The van der Waals surface area contributed by atoms with Gasteiger partial charge in [0.25, 0.3) is 0 Å². The minimum absolute atomic E-state index is 0.0461. The van der Waals surface area contributed by atoms with Gasteiger partial charge in [-0.2, -0.15) is 0 Å². The summed E-state index contributed by atoms with van der Waals surface area (Å²) in [4.78, 5) is 0. The second-order valence-corrected chi connectivity index (χ2v) is 5.92. The molecule has 0 aromatic carbocycles. The van der Waals surface area contributed by atoms with Crippen molar-refractivity contribution in [2.45, 2.75) is 31.7 Å². The first-order valence-corrected chi connectivity index (χ1v) is 7.05. The first kappa shape index (κ1) is 12.7. The quantitative estimate of drug-likeness (QED) is 0.659. The van der Waals surface area contributed by atoms with Crippen LogP contribution in [0.4, 0.5) is 0 Å². The number of nitrogens with one attached hydrogen (secondary N) is 1. The van der Waals surface area contributed by atoms with Crippen molar-refractivity contribution < 1.29 is 8.42 Å². The number of rotatable bonds is 6. The van der Waals surface area contributed by atoms with Gasteiger partial charge in [0.1, 0.15) is 0 Å². The minimum atomic E-state index is -3.15. The zero-order chi connectivity index (χ0) is 11.3. The predicted octanol–water partition coefficient (Wildman–Crippen LogP) is 0.609. The highest BCUT2D eigenvalue weighted by Gasteiger charge is 2.29. The van der Waals surface area contributed by atoms with E-state index in [0.717, 1.165) is 19.3 Å². The number of allylic oxidation sites excluding steroid dienone is 1. The number of hydrogen-bond donors (Lipinski definition) is 2. The van der Waals surface area contributed by atoms with E-state index < -0.39 is 10.0 Å². The zero-order valence-corrected chi connectivity index (χ0v) is 9.80. The third kappa shape index (κ3) is 3.93. The van der Waals surface area contributed by atoms with Gasteiger partial charge in [-0.15, -0.1) is 6.58 Å². The average Bonchev–Trinajstić information content (AvgIpc) is 2.61. The number of sulfonamides is 1. The molecule has 0 aromatic heterocycles. The van der Waals surface area contributed by atoms with Crippen molar-refractivity contribution in [3.63, 3.8) is 0 Å². The van der Waals surface area contributed by atoms with E-state index in [4.69, 9.17) is 5.73 Å². The fourth-order valence-corrected chi connectivity index (χ4v) is 3.37. The van der Waals surface area contributed by atoms with Crippen LogP contribution < -0.4 is 10.5 Å². The third-order valence-corrected chi connectivity index (χ3v) is 4.32. The summed E-state index contributed by atoms with van der Waals surface area (Å²) in [6.07, 6.45) is 5.13. The highest BCUT2D eigenvalue weighted by molar-refractivity contribution is 7.89. The average molecular weight is 232 g/mol. The molecule has 1 aliphatic rings. The Morgan fingerprint density at radius 3 is 2.80 bits per heavy atom. The molecule has 0 heterocycles. The molecule has 0 amide bonds. The Morgan fingerprint density at radius 2 is 2.20 bits per heavy atom. The van der Waals surface area contributed by atoms with E-state index in [1.807, 2.05) is 0 Å². The molecule has 0 aliphatic heterocycles. The third-order valence-electron chi connectivity index (χ3n) is 2.88. The fourth-order valence-electron chi connectivity index (χ4n) is 2.00. The van der Waals surface area contributed by atoms with Crippen molar-refractivity contribution in [3.8, 4) is 0 Å². The molecule has 15 heavy (non-hydrogen) atoms. The van der Waals surface area contributed by atoms with Gasteiger partial charge < -0.3 is 5.73 Å². The maximum Gasteiger partial charge on any atom is 0.212 e. The molecule has 3 N–H and O–H groups in total. The van der Waals surface area contributed by atoms with Gasteiger partial charge in [-0.3, -0.25) is 0 Å². The standard InChI is InChI=1S/C10H20N2O2S/c1-2-3-7-15(13,14)12-10-6-4-5-9(10)8-11/h2,9-10,12H,1,3-8,11H2/t9-,10+/m1/s1. The Bertz CT molecular complexity index is 301. The van der Waals surface area contributed by atoms with Crippen LogP contribution in [-0.4, -0.2) is 26.8 Å². The predicted molar refractivity (Wildman–Crippen MR) is 61.9 cm³/mol. The van der Waals surface area contributed by atoms with Gasteiger partial charge >= 0.3 is 0 Å².